The average Bonchev–Trinajstić information content (AvgIpc) is 2.96. The van der Waals surface area contributed by atoms with Crippen LogP contribution in [-0.2, 0) is 9.53 Å². The molecule has 2 saturated heterocycles. The minimum atomic E-state index is -0.374. The molecule has 22 heavy (non-hydrogen) atoms. The van der Waals surface area contributed by atoms with Gasteiger partial charge >= 0.3 is 0 Å². The smallest absolute Gasteiger partial charge is 0.240 e. The predicted molar refractivity (Wildman–Crippen MR) is 86.5 cm³/mol. The van der Waals surface area contributed by atoms with E-state index in [0.717, 1.165) is 39.0 Å². The van der Waals surface area contributed by atoms with Crippen LogP contribution in [0, 0.1) is 5.92 Å². The van der Waals surface area contributed by atoms with E-state index in [1.807, 2.05) is 11.0 Å². The van der Waals surface area contributed by atoms with E-state index in [1.54, 1.807) is 0 Å². The number of hydrogen-bond donors (Lipinski definition) is 1. The largest absolute Gasteiger partial charge is 0.381 e. The number of rotatable bonds is 3. The fourth-order valence-corrected chi connectivity index (χ4v) is 3.86. The van der Waals surface area contributed by atoms with Gasteiger partial charge in [-0.2, -0.15) is 0 Å². The molecule has 1 aromatic carbocycles. The first-order valence-corrected chi connectivity index (χ1v) is 8.37. The molecule has 120 valence electrons. The third-order valence-electron chi connectivity index (χ3n) is 5.32. The van der Waals surface area contributed by atoms with E-state index < -0.39 is 0 Å². The topological polar surface area (TPSA) is 55.6 Å². The Kier molecular flexibility index (Phi) is 4.79. The number of hydrogen-bond acceptors (Lipinski definition) is 3. The summed E-state index contributed by atoms with van der Waals surface area (Å²) < 4.78 is 5.37. The van der Waals surface area contributed by atoms with Crippen molar-refractivity contribution in [3.63, 3.8) is 0 Å². The van der Waals surface area contributed by atoms with Crippen molar-refractivity contribution in [1.82, 2.24) is 4.90 Å². The van der Waals surface area contributed by atoms with Crippen LogP contribution in [-0.4, -0.2) is 42.6 Å². The summed E-state index contributed by atoms with van der Waals surface area (Å²) in [6, 6.07) is 10.3. The summed E-state index contributed by atoms with van der Waals surface area (Å²) >= 11 is 0. The van der Waals surface area contributed by atoms with E-state index in [2.05, 4.69) is 31.2 Å². The lowest BCUT2D eigenvalue weighted by Gasteiger charge is -2.32. The Morgan fingerprint density at radius 1 is 1.23 bits per heavy atom. The molecule has 0 saturated carbocycles. The number of carbonyl (C=O) groups is 1. The highest BCUT2D eigenvalue weighted by molar-refractivity contribution is 5.82. The second kappa shape index (κ2) is 6.80. The summed E-state index contributed by atoms with van der Waals surface area (Å²) in [6.45, 7) is 4.43. The molecule has 3 unspecified atom stereocenters. The second-order valence-electron chi connectivity index (χ2n) is 6.55. The number of nitrogens with zero attached hydrogens (tertiary/aromatic N) is 1. The number of nitrogens with two attached hydrogens (primary N) is 1. The standard InChI is InChI=1S/C18H26N2O2/c1-13-16(14-5-3-2-4-6-14)7-10-20(13)18(21)17(19)15-8-11-22-12-9-15/h2-6,13,15-17H,7-12,19H2,1H3. The highest BCUT2D eigenvalue weighted by Gasteiger charge is 2.38. The molecule has 3 rings (SSSR count). The van der Waals surface area contributed by atoms with E-state index in [1.165, 1.54) is 5.56 Å². The lowest BCUT2D eigenvalue weighted by molar-refractivity contribution is -0.135. The first-order chi connectivity index (χ1) is 10.7. The fraction of sp³-hybridized carbons (Fsp3) is 0.611. The molecule has 2 heterocycles. The van der Waals surface area contributed by atoms with Gasteiger partial charge in [0.15, 0.2) is 0 Å². The Balaban J connectivity index is 1.66. The van der Waals surface area contributed by atoms with Crippen molar-refractivity contribution in [1.29, 1.82) is 0 Å². The highest BCUT2D eigenvalue weighted by atomic mass is 16.5. The maximum absolute atomic E-state index is 12.8. The molecule has 1 amide bonds. The van der Waals surface area contributed by atoms with Crippen LogP contribution >= 0.6 is 0 Å². The lowest BCUT2D eigenvalue weighted by atomic mass is 9.90. The average molecular weight is 302 g/mol. The molecule has 2 aliphatic heterocycles. The van der Waals surface area contributed by atoms with Crippen LogP contribution in [0.4, 0.5) is 0 Å². The normalized spacial score (nSPS) is 27.8. The summed E-state index contributed by atoms with van der Waals surface area (Å²) in [4.78, 5) is 14.8. The lowest BCUT2D eigenvalue weighted by Crippen LogP contribution is -2.50. The maximum Gasteiger partial charge on any atom is 0.240 e. The molecule has 2 fully saturated rings. The van der Waals surface area contributed by atoms with Gasteiger partial charge in [-0.05, 0) is 37.7 Å². The van der Waals surface area contributed by atoms with Crippen LogP contribution in [0.2, 0.25) is 0 Å². The zero-order chi connectivity index (χ0) is 15.5. The summed E-state index contributed by atoms with van der Waals surface area (Å²) in [5.74, 6) is 0.814. The van der Waals surface area contributed by atoms with Crippen LogP contribution in [0.15, 0.2) is 30.3 Å². The van der Waals surface area contributed by atoms with Gasteiger partial charge < -0.3 is 15.4 Å². The minimum Gasteiger partial charge on any atom is -0.381 e. The zero-order valence-corrected chi connectivity index (χ0v) is 13.3. The third-order valence-corrected chi connectivity index (χ3v) is 5.32. The molecular weight excluding hydrogens is 276 g/mol. The van der Waals surface area contributed by atoms with Gasteiger partial charge in [0.05, 0.1) is 6.04 Å². The first-order valence-electron chi connectivity index (χ1n) is 8.37. The van der Waals surface area contributed by atoms with E-state index in [9.17, 15) is 4.79 Å². The summed E-state index contributed by atoms with van der Waals surface area (Å²) in [6.07, 6.45) is 2.83. The number of likely N-dealkylation sites (tertiary alicyclic amines) is 1. The van der Waals surface area contributed by atoms with Gasteiger partial charge in [0.25, 0.3) is 0 Å². The van der Waals surface area contributed by atoms with Crippen LogP contribution in [0.5, 0.6) is 0 Å². The fourth-order valence-electron chi connectivity index (χ4n) is 3.86. The molecule has 0 aromatic heterocycles. The third kappa shape index (κ3) is 3.03. The Labute approximate surface area is 132 Å². The molecular formula is C18H26N2O2. The quantitative estimate of drug-likeness (QED) is 0.931. The number of benzene rings is 1. The van der Waals surface area contributed by atoms with Crippen molar-refractivity contribution in [3.05, 3.63) is 35.9 Å². The molecule has 0 aliphatic carbocycles. The molecule has 2 N–H and O–H groups in total. The molecule has 4 heteroatoms. The summed E-state index contributed by atoms with van der Waals surface area (Å²) in [5, 5.41) is 0. The predicted octanol–water partition coefficient (Wildman–Crippen LogP) is 2.14. The number of ether oxygens (including phenoxy) is 1. The summed E-state index contributed by atoms with van der Waals surface area (Å²) in [5.41, 5.74) is 7.60. The van der Waals surface area contributed by atoms with E-state index in [4.69, 9.17) is 10.5 Å². The first kappa shape index (κ1) is 15.5. The highest BCUT2D eigenvalue weighted by Crippen LogP contribution is 2.34. The Morgan fingerprint density at radius 2 is 1.91 bits per heavy atom. The molecule has 0 spiro atoms. The number of amides is 1. The van der Waals surface area contributed by atoms with E-state index >= 15 is 0 Å². The van der Waals surface area contributed by atoms with Gasteiger partial charge in [0.2, 0.25) is 5.91 Å². The molecule has 2 aliphatic rings. The molecule has 4 nitrogen and oxygen atoms in total. The number of carbonyl (C=O) groups excluding carboxylic acids is 1. The molecule has 0 bridgehead atoms. The van der Waals surface area contributed by atoms with Gasteiger partial charge in [-0.15, -0.1) is 0 Å². The second-order valence-corrected chi connectivity index (χ2v) is 6.55. The maximum atomic E-state index is 12.8. The van der Waals surface area contributed by atoms with Crippen molar-refractivity contribution in [2.45, 2.75) is 44.2 Å². The molecule has 3 atom stereocenters. The van der Waals surface area contributed by atoms with Gasteiger partial charge in [0.1, 0.15) is 0 Å². The van der Waals surface area contributed by atoms with Crippen molar-refractivity contribution < 1.29 is 9.53 Å². The molecule has 1 aromatic rings. The van der Waals surface area contributed by atoms with E-state index in [0.29, 0.717) is 5.92 Å². The minimum absolute atomic E-state index is 0.123. The monoisotopic (exact) mass is 302 g/mol. The SMILES string of the molecule is CC1C(c2ccccc2)CCN1C(=O)C(N)C1CCOCC1. The van der Waals surface area contributed by atoms with E-state index in [-0.39, 0.29) is 23.9 Å². The van der Waals surface area contributed by atoms with Crippen molar-refractivity contribution in [2.75, 3.05) is 19.8 Å². The Bertz CT molecular complexity index is 499. The Hall–Kier alpha value is -1.39. The van der Waals surface area contributed by atoms with Crippen LogP contribution in [0.25, 0.3) is 0 Å². The van der Waals surface area contributed by atoms with Crippen molar-refractivity contribution in [3.8, 4) is 0 Å². The van der Waals surface area contributed by atoms with Gasteiger partial charge in [-0.25, -0.2) is 0 Å². The van der Waals surface area contributed by atoms with Crippen LogP contribution in [0.3, 0.4) is 0 Å². The van der Waals surface area contributed by atoms with Crippen molar-refractivity contribution in [2.24, 2.45) is 11.7 Å². The van der Waals surface area contributed by atoms with Crippen LogP contribution < -0.4 is 5.73 Å². The van der Waals surface area contributed by atoms with Crippen LogP contribution in [0.1, 0.15) is 37.7 Å². The summed E-state index contributed by atoms with van der Waals surface area (Å²) in [7, 11) is 0. The van der Waals surface area contributed by atoms with Gasteiger partial charge in [-0.3, -0.25) is 4.79 Å². The Morgan fingerprint density at radius 3 is 2.59 bits per heavy atom. The molecule has 0 radical (unpaired) electrons. The van der Waals surface area contributed by atoms with Gasteiger partial charge in [-0.1, -0.05) is 30.3 Å². The van der Waals surface area contributed by atoms with Gasteiger partial charge in [0, 0.05) is 31.7 Å². The van der Waals surface area contributed by atoms with Crippen molar-refractivity contribution >= 4 is 5.91 Å². The zero-order valence-electron chi connectivity index (χ0n) is 13.3.